The Hall–Kier alpha value is -1.43. The Labute approximate surface area is 115 Å². The Kier molecular flexibility index (Phi) is 5.05. The molecule has 0 radical (unpaired) electrons. The van der Waals surface area contributed by atoms with Crippen molar-refractivity contribution in [2.45, 2.75) is 32.9 Å². The highest BCUT2D eigenvalue weighted by Crippen LogP contribution is 2.24. The number of nitrogens with two attached hydrogens (primary N) is 1. The largest absolute Gasteiger partial charge is 0.491 e. The second-order valence-electron chi connectivity index (χ2n) is 5.10. The lowest BCUT2D eigenvalue weighted by atomic mass is 10.2. The maximum atomic E-state index is 11.2. The molecule has 0 saturated heterocycles. The number of rotatable bonds is 6. The molecule has 6 heteroatoms. The van der Waals surface area contributed by atoms with E-state index in [9.17, 15) is 8.42 Å². The average molecular weight is 286 g/mol. The molecule has 19 heavy (non-hydrogen) atoms. The van der Waals surface area contributed by atoms with Gasteiger partial charge in [0, 0.05) is 35.8 Å². The van der Waals surface area contributed by atoms with Crippen molar-refractivity contribution in [1.82, 2.24) is 0 Å². The van der Waals surface area contributed by atoms with E-state index in [0.29, 0.717) is 11.4 Å². The van der Waals surface area contributed by atoms with E-state index < -0.39 is 9.84 Å². The van der Waals surface area contributed by atoms with Gasteiger partial charge in [-0.15, -0.1) is 0 Å². The maximum Gasteiger partial charge on any atom is 0.149 e. The topological polar surface area (TPSA) is 81.4 Å². The lowest BCUT2D eigenvalue weighted by molar-refractivity contribution is 0.242. The SMILES string of the molecule is CC(CS(C)(=O)=O)Nc1cc(N)cc(OC(C)C)c1. The Morgan fingerprint density at radius 2 is 1.89 bits per heavy atom. The third kappa shape index (κ3) is 6.33. The van der Waals surface area contributed by atoms with Gasteiger partial charge in [0.05, 0.1) is 11.9 Å². The quantitative estimate of drug-likeness (QED) is 0.781. The van der Waals surface area contributed by atoms with Gasteiger partial charge in [0.2, 0.25) is 0 Å². The molecule has 0 bridgehead atoms. The average Bonchev–Trinajstić information content (AvgIpc) is 2.10. The molecule has 0 spiro atoms. The van der Waals surface area contributed by atoms with E-state index in [0.717, 1.165) is 5.69 Å². The fourth-order valence-corrected chi connectivity index (χ4v) is 2.82. The first kappa shape index (κ1) is 15.6. The van der Waals surface area contributed by atoms with Gasteiger partial charge in [0.1, 0.15) is 15.6 Å². The van der Waals surface area contributed by atoms with Crippen LogP contribution >= 0.6 is 0 Å². The molecule has 0 aromatic heterocycles. The summed E-state index contributed by atoms with van der Waals surface area (Å²) in [5, 5.41) is 3.11. The predicted molar refractivity (Wildman–Crippen MR) is 79.4 cm³/mol. The van der Waals surface area contributed by atoms with Gasteiger partial charge >= 0.3 is 0 Å². The van der Waals surface area contributed by atoms with Crippen molar-refractivity contribution >= 4 is 21.2 Å². The van der Waals surface area contributed by atoms with E-state index in [1.54, 1.807) is 12.1 Å². The first-order chi connectivity index (χ1) is 8.65. The van der Waals surface area contributed by atoms with Crippen molar-refractivity contribution in [3.8, 4) is 5.75 Å². The standard InChI is InChI=1S/C13H22N2O3S/c1-9(2)18-13-6-11(14)5-12(7-13)15-10(3)8-19(4,16)17/h5-7,9-10,15H,8,14H2,1-4H3. The van der Waals surface area contributed by atoms with E-state index in [1.165, 1.54) is 6.26 Å². The molecule has 0 aliphatic rings. The minimum atomic E-state index is -3.01. The molecule has 1 rings (SSSR count). The summed E-state index contributed by atoms with van der Waals surface area (Å²) in [6, 6.07) is 5.12. The highest BCUT2D eigenvalue weighted by molar-refractivity contribution is 7.90. The minimum Gasteiger partial charge on any atom is -0.491 e. The zero-order chi connectivity index (χ0) is 14.6. The van der Waals surface area contributed by atoms with E-state index in [4.69, 9.17) is 10.5 Å². The van der Waals surface area contributed by atoms with Crippen LogP contribution in [0.2, 0.25) is 0 Å². The van der Waals surface area contributed by atoms with E-state index in [2.05, 4.69) is 5.32 Å². The number of anilines is 2. The molecule has 0 aliphatic heterocycles. The van der Waals surface area contributed by atoms with Gasteiger partial charge in [-0.05, 0) is 26.8 Å². The third-order valence-electron chi connectivity index (χ3n) is 2.27. The monoisotopic (exact) mass is 286 g/mol. The summed E-state index contributed by atoms with van der Waals surface area (Å²) >= 11 is 0. The van der Waals surface area contributed by atoms with E-state index in [1.807, 2.05) is 26.8 Å². The van der Waals surface area contributed by atoms with Crippen LogP contribution in [0.15, 0.2) is 18.2 Å². The fourth-order valence-electron chi connectivity index (χ4n) is 1.83. The zero-order valence-electron chi connectivity index (χ0n) is 11.8. The number of hydrogen-bond acceptors (Lipinski definition) is 5. The number of hydrogen-bond donors (Lipinski definition) is 2. The Morgan fingerprint density at radius 1 is 1.26 bits per heavy atom. The molecule has 5 nitrogen and oxygen atoms in total. The van der Waals surface area contributed by atoms with Crippen LogP contribution in [-0.2, 0) is 9.84 Å². The first-order valence-electron chi connectivity index (χ1n) is 6.17. The van der Waals surface area contributed by atoms with Crippen LogP contribution in [0.1, 0.15) is 20.8 Å². The smallest absolute Gasteiger partial charge is 0.149 e. The maximum absolute atomic E-state index is 11.2. The van der Waals surface area contributed by atoms with Gasteiger partial charge in [0.15, 0.2) is 0 Å². The molecule has 0 fully saturated rings. The molecule has 1 unspecified atom stereocenters. The lowest BCUT2D eigenvalue weighted by Gasteiger charge is -2.17. The summed E-state index contributed by atoms with van der Waals surface area (Å²) in [5.74, 6) is 0.742. The number of nitrogens with one attached hydrogen (secondary N) is 1. The summed E-state index contributed by atoms with van der Waals surface area (Å²) < 4.78 is 28.0. The molecule has 0 saturated carbocycles. The zero-order valence-corrected chi connectivity index (χ0v) is 12.6. The molecule has 0 aliphatic carbocycles. The van der Waals surface area contributed by atoms with Crippen LogP contribution in [0.5, 0.6) is 5.75 Å². The Morgan fingerprint density at radius 3 is 2.42 bits per heavy atom. The summed E-state index contributed by atoms with van der Waals surface area (Å²) in [6.07, 6.45) is 1.28. The molecule has 1 atom stereocenters. The second-order valence-corrected chi connectivity index (χ2v) is 7.28. The number of nitrogen functional groups attached to an aromatic ring is 1. The molecule has 108 valence electrons. The lowest BCUT2D eigenvalue weighted by Crippen LogP contribution is -2.25. The van der Waals surface area contributed by atoms with Crippen molar-refractivity contribution in [3.63, 3.8) is 0 Å². The third-order valence-corrected chi connectivity index (χ3v) is 3.37. The van der Waals surface area contributed by atoms with Gasteiger partial charge in [-0.3, -0.25) is 0 Å². The molecule has 0 heterocycles. The van der Waals surface area contributed by atoms with Crippen LogP contribution in [0.3, 0.4) is 0 Å². The van der Waals surface area contributed by atoms with Gasteiger partial charge in [0.25, 0.3) is 0 Å². The van der Waals surface area contributed by atoms with Crippen molar-refractivity contribution in [1.29, 1.82) is 0 Å². The predicted octanol–water partition coefficient (Wildman–Crippen LogP) is 1.90. The number of benzene rings is 1. The van der Waals surface area contributed by atoms with Crippen LogP contribution in [0.4, 0.5) is 11.4 Å². The van der Waals surface area contributed by atoms with Crippen LogP contribution < -0.4 is 15.8 Å². The fraction of sp³-hybridized carbons (Fsp3) is 0.538. The van der Waals surface area contributed by atoms with E-state index in [-0.39, 0.29) is 17.9 Å². The number of ether oxygens (including phenoxy) is 1. The summed E-state index contributed by atoms with van der Waals surface area (Å²) in [5.41, 5.74) is 7.13. The van der Waals surface area contributed by atoms with Crippen molar-refractivity contribution in [3.05, 3.63) is 18.2 Å². The van der Waals surface area contributed by atoms with Gasteiger partial charge < -0.3 is 15.8 Å². The van der Waals surface area contributed by atoms with Crippen LogP contribution in [0, 0.1) is 0 Å². The number of sulfone groups is 1. The second kappa shape index (κ2) is 6.14. The summed E-state index contributed by atoms with van der Waals surface area (Å²) in [4.78, 5) is 0. The van der Waals surface area contributed by atoms with Crippen molar-refractivity contribution in [2.24, 2.45) is 0 Å². The van der Waals surface area contributed by atoms with Crippen LogP contribution in [0.25, 0.3) is 0 Å². The molecule has 1 aromatic carbocycles. The van der Waals surface area contributed by atoms with Gasteiger partial charge in [-0.2, -0.15) is 0 Å². The summed E-state index contributed by atoms with van der Waals surface area (Å²) in [7, 11) is -3.01. The molecular weight excluding hydrogens is 264 g/mol. The normalized spacial score (nSPS) is 13.3. The van der Waals surface area contributed by atoms with Gasteiger partial charge in [-0.25, -0.2) is 8.42 Å². The van der Waals surface area contributed by atoms with E-state index >= 15 is 0 Å². The first-order valence-corrected chi connectivity index (χ1v) is 8.23. The molecule has 0 amide bonds. The van der Waals surface area contributed by atoms with Crippen molar-refractivity contribution in [2.75, 3.05) is 23.1 Å². The Balaban J connectivity index is 2.80. The van der Waals surface area contributed by atoms with Crippen molar-refractivity contribution < 1.29 is 13.2 Å². The van der Waals surface area contributed by atoms with Crippen LogP contribution in [-0.4, -0.2) is 32.6 Å². The molecular formula is C13H22N2O3S. The Bertz CT molecular complexity index is 527. The highest BCUT2D eigenvalue weighted by atomic mass is 32.2. The van der Waals surface area contributed by atoms with Gasteiger partial charge in [-0.1, -0.05) is 0 Å². The summed E-state index contributed by atoms with van der Waals surface area (Å²) in [6.45, 7) is 5.68. The molecule has 3 N–H and O–H groups in total. The highest BCUT2D eigenvalue weighted by Gasteiger charge is 2.11. The molecule has 1 aromatic rings. The minimum absolute atomic E-state index is 0.0584.